The fourth-order valence-electron chi connectivity index (χ4n) is 4.14. The molecule has 2 aromatic rings. The van der Waals surface area contributed by atoms with Crippen molar-refractivity contribution in [2.24, 2.45) is 0 Å². The average molecular weight is 512 g/mol. The summed E-state index contributed by atoms with van der Waals surface area (Å²) in [6.07, 6.45) is -0.547. The highest BCUT2D eigenvalue weighted by molar-refractivity contribution is 7.18. The maximum atomic E-state index is 12.8. The van der Waals surface area contributed by atoms with E-state index in [0.29, 0.717) is 57.5 Å². The molecule has 1 aromatic heterocycles. The number of ether oxygens (including phenoxy) is 3. The Balaban J connectivity index is 1.32. The molecule has 1 N–H and O–H groups in total. The topological polar surface area (TPSA) is 97.4 Å². The molecule has 0 saturated carbocycles. The van der Waals surface area contributed by atoms with E-state index >= 15 is 0 Å². The van der Waals surface area contributed by atoms with Gasteiger partial charge in [-0.1, -0.05) is 23.2 Å². The third-order valence-corrected chi connectivity index (χ3v) is 7.58. The number of amides is 3. The molecule has 0 spiro atoms. The van der Waals surface area contributed by atoms with Crippen LogP contribution in [0, 0.1) is 0 Å². The van der Waals surface area contributed by atoms with E-state index < -0.39 is 12.2 Å². The quantitative estimate of drug-likeness (QED) is 0.675. The fourth-order valence-corrected chi connectivity index (χ4v) is 5.43. The average Bonchev–Trinajstić information content (AvgIpc) is 3.22. The first-order chi connectivity index (χ1) is 15.9. The van der Waals surface area contributed by atoms with Crippen LogP contribution in [0.15, 0.2) is 24.3 Å². The first-order valence-electron chi connectivity index (χ1n) is 10.3. The Morgan fingerprint density at radius 1 is 1.21 bits per heavy atom. The minimum Gasteiger partial charge on any atom is -0.491 e. The van der Waals surface area contributed by atoms with E-state index in [1.807, 2.05) is 0 Å². The Morgan fingerprint density at radius 2 is 2.06 bits per heavy atom. The number of nitrogens with one attached hydrogen (secondary N) is 1. The Hall–Kier alpha value is -2.53. The molecule has 3 amide bonds. The van der Waals surface area contributed by atoms with Gasteiger partial charge in [0.15, 0.2) is 0 Å². The lowest BCUT2D eigenvalue weighted by Gasteiger charge is -2.28. The van der Waals surface area contributed by atoms with Gasteiger partial charge in [0.1, 0.15) is 22.8 Å². The van der Waals surface area contributed by atoms with Crippen LogP contribution in [0.3, 0.4) is 0 Å². The van der Waals surface area contributed by atoms with Crippen LogP contribution >= 0.6 is 34.5 Å². The highest BCUT2D eigenvalue weighted by Crippen LogP contribution is 2.40. The van der Waals surface area contributed by atoms with Gasteiger partial charge in [-0.15, -0.1) is 11.3 Å². The van der Waals surface area contributed by atoms with Crippen molar-refractivity contribution in [3.05, 3.63) is 38.5 Å². The smallest absolute Gasteiger partial charge is 0.415 e. The van der Waals surface area contributed by atoms with Crippen LogP contribution in [0.2, 0.25) is 9.36 Å². The van der Waals surface area contributed by atoms with Gasteiger partial charge in [-0.3, -0.25) is 14.5 Å². The third-order valence-electron chi connectivity index (χ3n) is 5.71. The molecule has 2 fully saturated rings. The van der Waals surface area contributed by atoms with Gasteiger partial charge >= 0.3 is 6.09 Å². The van der Waals surface area contributed by atoms with Gasteiger partial charge in [-0.05, 0) is 18.2 Å². The largest absolute Gasteiger partial charge is 0.491 e. The van der Waals surface area contributed by atoms with Gasteiger partial charge in [0.05, 0.1) is 41.4 Å². The van der Waals surface area contributed by atoms with Crippen molar-refractivity contribution in [2.75, 3.05) is 42.7 Å². The molecule has 0 bridgehead atoms. The normalized spacial score (nSPS) is 22.2. The van der Waals surface area contributed by atoms with Crippen LogP contribution in [-0.4, -0.2) is 63.0 Å². The summed E-state index contributed by atoms with van der Waals surface area (Å²) >= 11 is 12.9. The lowest BCUT2D eigenvalue weighted by Crippen LogP contribution is -2.42. The Kier molecular flexibility index (Phi) is 6.09. The summed E-state index contributed by atoms with van der Waals surface area (Å²) in [5, 5.41) is 3.11. The van der Waals surface area contributed by atoms with E-state index in [1.54, 1.807) is 28.0 Å². The van der Waals surface area contributed by atoms with Gasteiger partial charge in [-0.25, -0.2) is 4.79 Å². The maximum absolute atomic E-state index is 12.8. The number of halogens is 2. The van der Waals surface area contributed by atoms with Crippen LogP contribution in [0.25, 0.3) is 0 Å². The standard InChI is InChI=1S/C21H19Cl2N3O6S/c22-12-8-17(33-19(12)23)20(28)24-9-16-14-3-5-31-15-7-11(25-4-6-30-10-18(25)27)1-2-13(15)26(14)21(29)32-16/h1-2,7-8,14,16H,3-6,9-10H2,(H,24,28)/t14-,16?/m0/s1. The van der Waals surface area contributed by atoms with Crippen molar-refractivity contribution in [2.45, 2.75) is 18.6 Å². The molecular formula is C21H19Cl2N3O6S. The predicted molar refractivity (Wildman–Crippen MR) is 123 cm³/mol. The Morgan fingerprint density at radius 3 is 2.82 bits per heavy atom. The van der Waals surface area contributed by atoms with Crippen LogP contribution in [0.1, 0.15) is 16.1 Å². The highest BCUT2D eigenvalue weighted by Gasteiger charge is 2.45. The van der Waals surface area contributed by atoms with Crippen molar-refractivity contribution in [3.8, 4) is 5.75 Å². The SMILES string of the molecule is O=C(NCC1OC(=O)N2c3ccc(N4CCOCC4=O)cc3OCC[C@@H]12)c1cc(Cl)c(Cl)s1. The van der Waals surface area contributed by atoms with E-state index in [9.17, 15) is 14.4 Å². The molecular weight excluding hydrogens is 493 g/mol. The zero-order valence-corrected chi connectivity index (χ0v) is 19.5. The van der Waals surface area contributed by atoms with Crippen molar-refractivity contribution in [1.29, 1.82) is 0 Å². The predicted octanol–water partition coefficient (Wildman–Crippen LogP) is 3.32. The molecule has 2 atom stereocenters. The number of cyclic esters (lactones) is 1. The summed E-state index contributed by atoms with van der Waals surface area (Å²) in [6, 6.07) is 6.48. The number of fused-ring (bicyclic) bond motifs is 3. The van der Waals surface area contributed by atoms with Gasteiger partial charge < -0.3 is 24.4 Å². The Bertz CT molecular complexity index is 1110. The molecule has 9 nitrogen and oxygen atoms in total. The lowest BCUT2D eigenvalue weighted by molar-refractivity contribution is -0.125. The van der Waals surface area contributed by atoms with Crippen molar-refractivity contribution in [1.82, 2.24) is 5.32 Å². The Labute approximate surface area is 203 Å². The highest BCUT2D eigenvalue weighted by atomic mass is 35.5. The number of carbonyl (C=O) groups is 3. The van der Waals surface area contributed by atoms with Gasteiger partial charge in [-0.2, -0.15) is 0 Å². The number of morpholine rings is 1. The molecule has 12 heteroatoms. The number of hydrogen-bond donors (Lipinski definition) is 1. The van der Waals surface area contributed by atoms with E-state index in [0.717, 1.165) is 11.3 Å². The monoisotopic (exact) mass is 511 g/mol. The van der Waals surface area contributed by atoms with E-state index in [2.05, 4.69) is 5.32 Å². The number of benzene rings is 1. The second kappa shape index (κ2) is 9.02. The molecule has 0 radical (unpaired) electrons. The molecule has 3 aliphatic heterocycles. The number of thiophene rings is 1. The molecule has 33 heavy (non-hydrogen) atoms. The summed E-state index contributed by atoms with van der Waals surface area (Å²) < 4.78 is 17.0. The third kappa shape index (κ3) is 4.23. The first-order valence-corrected chi connectivity index (χ1v) is 11.9. The maximum Gasteiger partial charge on any atom is 0.415 e. The van der Waals surface area contributed by atoms with E-state index in [-0.39, 0.29) is 31.0 Å². The molecule has 1 aromatic carbocycles. The second-order valence-electron chi connectivity index (χ2n) is 7.69. The molecule has 5 rings (SSSR count). The zero-order chi connectivity index (χ0) is 23.1. The first kappa shape index (κ1) is 22.3. The summed E-state index contributed by atoms with van der Waals surface area (Å²) in [7, 11) is 0. The molecule has 1 unspecified atom stereocenters. The number of hydrogen-bond acceptors (Lipinski definition) is 7. The van der Waals surface area contributed by atoms with Gasteiger partial charge in [0, 0.05) is 24.7 Å². The lowest BCUT2D eigenvalue weighted by atomic mass is 10.1. The summed E-state index contributed by atoms with van der Waals surface area (Å²) in [4.78, 5) is 41.0. The minimum absolute atomic E-state index is 0.0374. The van der Waals surface area contributed by atoms with Crippen molar-refractivity contribution in [3.63, 3.8) is 0 Å². The molecule has 4 heterocycles. The molecule has 2 saturated heterocycles. The van der Waals surface area contributed by atoms with E-state index in [4.69, 9.17) is 37.4 Å². The molecule has 3 aliphatic rings. The number of carbonyl (C=O) groups excluding carboxylic acids is 3. The summed E-state index contributed by atoms with van der Waals surface area (Å²) in [5.41, 5.74) is 1.25. The van der Waals surface area contributed by atoms with Gasteiger partial charge in [0.25, 0.3) is 11.8 Å². The summed E-state index contributed by atoms with van der Waals surface area (Å²) in [6.45, 7) is 1.44. The summed E-state index contributed by atoms with van der Waals surface area (Å²) in [5.74, 6) is 0.0320. The zero-order valence-electron chi connectivity index (χ0n) is 17.2. The fraction of sp³-hybridized carbons (Fsp3) is 0.381. The van der Waals surface area contributed by atoms with Crippen LogP contribution in [-0.2, 0) is 14.3 Å². The van der Waals surface area contributed by atoms with Crippen LogP contribution in [0.5, 0.6) is 5.75 Å². The number of anilines is 2. The van der Waals surface area contributed by atoms with Crippen LogP contribution < -0.4 is 19.9 Å². The molecule has 174 valence electrons. The van der Waals surface area contributed by atoms with Gasteiger partial charge in [0.2, 0.25) is 0 Å². The minimum atomic E-state index is -0.553. The van der Waals surface area contributed by atoms with Crippen molar-refractivity contribution < 1.29 is 28.6 Å². The van der Waals surface area contributed by atoms with Crippen molar-refractivity contribution >= 4 is 63.8 Å². The molecule has 0 aliphatic carbocycles. The van der Waals surface area contributed by atoms with E-state index in [1.165, 1.54) is 6.07 Å². The van der Waals surface area contributed by atoms with Crippen LogP contribution in [0.4, 0.5) is 16.2 Å². The second-order valence-corrected chi connectivity index (χ2v) is 9.75. The number of rotatable bonds is 4. The number of nitrogens with zero attached hydrogens (tertiary/aromatic N) is 2.